The van der Waals surface area contributed by atoms with Crippen LogP contribution in [0.15, 0.2) is 36.5 Å². The number of rotatable bonds is 61. The second-order valence-corrected chi connectivity index (χ2v) is 22.4. The van der Waals surface area contributed by atoms with Gasteiger partial charge in [0.1, 0.15) is 0 Å². The van der Waals surface area contributed by atoms with E-state index in [-0.39, 0.29) is 18.5 Å². The Morgan fingerprint density at radius 3 is 1.10 bits per heavy atom. The number of allylic oxidation sites excluding steroid dienone is 6. The van der Waals surface area contributed by atoms with Crippen molar-refractivity contribution in [1.29, 1.82) is 0 Å². The highest BCUT2D eigenvalue weighted by molar-refractivity contribution is 5.76. The van der Waals surface area contributed by atoms with Gasteiger partial charge in [-0.3, -0.25) is 9.59 Å². The SMILES string of the molecule is CCCC/C=C\C/C=C\CCCCCCCC(=O)OCCCCCCCCCC/C=C\CCCCCCCCCC(=O)NC(CO)C(O)CCCCCCCCCCCCCCCCCCCCCCCCC. The minimum absolute atomic E-state index is 0.0102. The van der Waals surface area contributed by atoms with Crippen LogP contribution in [0.1, 0.15) is 354 Å². The number of nitrogens with one attached hydrogen (secondary N) is 1. The van der Waals surface area contributed by atoms with E-state index in [0.717, 1.165) is 57.8 Å². The summed E-state index contributed by atoms with van der Waals surface area (Å²) in [5.74, 6) is -0.0518. The maximum absolute atomic E-state index is 12.5. The molecule has 0 aromatic rings. The molecule has 430 valence electrons. The first-order valence-corrected chi connectivity index (χ1v) is 32.7. The number of hydrogen-bond acceptors (Lipinski definition) is 5. The molecule has 0 aliphatic carbocycles. The van der Waals surface area contributed by atoms with Crippen LogP contribution in [0.2, 0.25) is 0 Å². The lowest BCUT2D eigenvalue weighted by molar-refractivity contribution is -0.143. The van der Waals surface area contributed by atoms with Crippen LogP contribution in [0, 0.1) is 0 Å². The predicted octanol–water partition coefficient (Wildman–Crippen LogP) is 20.8. The number of carbonyl (C=O) groups is 2. The van der Waals surface area contributed by atoms with E-state index >= 15 is 0 Å². The van der Waals surface area contributed by atoms with Gasteiger partial charge in [-0.05, 0) is 77.0 Å². The molecule has 0 aliphatic rings. The summed E-state index contributed by atoms with van der Waals surface area (Å²) in [6.07, 6.45) is 78.7. The van der Waals surface area contributed by atoms with E-state index in [2.05, 4.69) is 55.6 Å². The van der Waals surface area contributed by atoms with E-state index in [1.165, 1.54) is 263 Å². The van der Waals surface area contributed by atoms with Gasteiger partial charge in [0.2, 0.25) is 5.91 Å². The van der Waals surface area contributed by atoms with Crippen LogP contribution in [-0.4, -0.2) is 47.4 Å². The predicted molar refractivity (Wildman–Crippen MR) is 319 cm³/mol. The van der Waals surface area contributed by atoms with Crippen molar-refractivity contribution in [3.8, 4) is 0 Å². The van der Waals surface area contributed by atoms with Crippen molar-refractivity contribution in [2.24, 2.45) is 0 Å². The van der Waals surface area contributed by atoms with E-state index in [9.17, 15) is 19.8 Å². The topological polar surface area (TPSA) is 95.9 Å². The van der Waals surface area contributed by atoms with E-state index in [4.69, 9.17) is 4.74 Å². The highest BCUT2D eigenvalue weighted by Crippen LogP contribution is 2.18. The van der Waals surface area contributed by atoms with Crippen molar-refractivity contribution in [3.05, 3.63) is 36.5 Å². The first-order valence-electron chi connectivity index (χ1n) is 32.7. The van der Waals surface area contributed by atoms with Gasteiger partial charge in [0, 0.05) is 12.8 Å². The Kier molecular flexibility index (Phi) is 61.0. The molecular weight excluding hydrogens is 899 g/mol. The molecule has 2 unspecified atom stereocenters. The second kappa shape index (κ2) is 62.6. The number of esters is 1. The maximum Gasteiger partial charge on any atom is 0.305 e. The molecule has 3 N–H and O–H groups in total. The molecule has 0 aromatic carbocycles. The lowest BCUT2D eigenvalue weighted by Crippen LogP contribution is -2.45. The smallest absolute Gasteiger partial charge is 0.305 e. The van der Waals surface area contributed by atoms with Crippen molar-refractivity contribution in [3.63, 3.8) is 0 Å². The summed E-state index contributed by atoms with van der Waals surface area (Å²) in [5, 5.41) is 23.4. The molecule has 0 fully saturated rings. The van der Waals surface area contributed by atoms with Crippen molar-refractivity contribution in [2.45, 2.75) is 366 Å². The third-order valence-electron chi connectivity index (χ3n) is 15.2. The number of hydrogen-bond donors (Lipinski definition) is 3. The van der Waals surface area contributed by atoms with Gasteiger partial charge in [-0.1, -0.05) is 301 Å². The molecule has 0 radical (unpaired) electrons. The highest BCUT2D eigenvalue weighted by Gasteiger charge is 2.20. The summed E-state index contributed by atoms with van der Waals surface area (Å²) in [5.41, 5.74) is 0. The first kappa shape index (κ1) is 71.1. The Morgan fingerprint density at radius 1 is 0.384 bits per heavy atom. The zero-order valence-corrected chi connectivity index (χ0v) is 49.1. The van der Waals surface area contributed by atoms with E-state index in [0.29, 0.717) is 25.9 Å². The molecule has 73 heavy (non-hydrogen) atoms. The lowest BCUT2D eigenvalue weighted by Gasteiger charge is -2.22. The Hall–Kier alpha value is -1.92. The zero-order valence-electron chi connectivity index (χ0n) is 49.1. The summed E-state index contributed by atoms with van der Waals surface area (Å²) < 4.78 is 5.47. The molecule has 0 spiro atoms. The van der Waals surface area contributed by atoms with Crippen molar-refractivity contribution >= 4 is 11.9 Å². The van der Waals surface area contributed by atoms with Crippen LogP contribution in [0.5, 0.6) is 0 Å². The monoisotopic (exact) mass is 1030 g/mol. The standard InChI is InChI=1S/C67H127NO5/c1-3-5-7-9-11-13-15-17-19-20-21-22-23-24-26-29-32-35-39-43-47-51-55-59-65(70)64(63-69)68-66(71)60-56-52-48-44-40-36-33-30-27-25-28-31-34-38-42-46-50-54-58-62-73-67(72)61-57-53-49-45-41-37-18-16-14-12-10-8-6-4-2/h10,12,16,18,25,27,64-65,69-70H,3-9,11,13-15,17,19-24,26,28-63H2,1-2H3,(H,68,71)/b12-10-,18-16-,27-25-. The number of ether oxygens (including phenoxy) is 1. The zero-order chi connectivity index (χ0) is 52.9. The normalized spacial score (nSPS) is 12.8. The third-order valence-corrected chi connectivity index (χ3v) is 15.2. The number of unbranched alkanes of at least 4 members (excludes halogenated alkanes) is 44. The van der Waals surface area contributed by atoms with Gasteiger partial charge in [0.05, 0.1) is 25.4 Å². The molecule has 0 saturated carbocycles. The summed E-state index contributed by atoms with van der Waals surface area (Å²) >= 11 is 0. The van der Waals surface area contributed by atoms with E-state index in [1.54, 1.807) is 0 Å². The molecule has 6 heteroatoms. The van der Waals surface area contributed by atoms with Gasteiger partial charge >= 0.3 is 5.97 Å². The summed E-state index contributed by atoms with van der Waals surface area (Å²) in [6, 6.07) is -0.551. The number of amides is 1. The Labute approximate surface area is 455 Å². The van der Waals surface area contributed by atoms with Crippen LogP contribution < -0.4 is 5.32 Å². The van der Waals surface area contributed by atoms with Crippen molar-refractivity contribution in [1.82, 2.24) is 5.32 Å². The molecule has 0 heterocycles. The minimum atomic E-state index is -0.673. The summed E-state index contributed by atoms with van der Waals surface area (Å²) in [6.45, 7) is 4.92. The average molecular weight is 1030 g/mol. The molecule has 6 nitrogen and oxygen atoms in total. The molecule has 1 amide bonds. The summed E-state index contributed by atoms with van der Waals surface area (Å²) in [7, 11) is 0. The number of carbonyl (C=O) groups excluding carboxylic acids is 2. The quantitative estimate of drug-likeness (QED) is 0.0320. The second-order valence-electron chi connectivity index (χ2n) is 22.4. The molecule has 0 bridgehead atoms. The molecular formula is C67H127NO5. The fourth-order valence-corrected chi connectivity index (χ4v) is 10.1. The van der Waals surface area contributed by atoms with Gasteiger partial charge in [0.15, 0.2) is 0 Å². The minimum Gasteiger partial charge on any atom is -0.466 e. The number of aliphatic hydroxyl groups is 2. The van der Waals surface area contributed by atoms with Gasteiger partial charge in [-0.2, -0.15) is 0 Å². The summed E-state index contributed by atoms with van der Waals surface area (Å²) in [4.78, 5) is 24.6. The Morgan fingerprint density at radius 2 is 0.699 bits per heavy atom. The van der Waals surface area contributed by atoms with Crippen LogP contribution >= 0.6 is 0 Å². The fraction of sp³-hybridized carbons (Fsp3) is 0.881. The number of aliphatic hydroxyl groups excluding tert-OH is 2. The van der Waals surface area contributed by atoms with Gasteiger partial charge in [-0.25, -0.2) is 0 Å². The molecule has 0 rings (SSSR count). The highest BCUT2D eigenvalue weighted by atomic mass is 16.5. The maximum atomic E-state index is 12.5. The fourth-order valence-electron chi connectivity index (χ4n) is 10.1. The molecule has 0 saturated heterocycles. The molecule has 2 atom stereocenters. The van der Waals surface area contributed by atoms with Gasteiger partial charge in [-0.15, -0.1) is 0 Å². The average Bonchev–Trinajstić information content (AvgIpc) is 3.39. The van der Waals surface area contributed by atoms with Gasteiger partial charge in [0.25, 0.3) is 0 Å². The van der Waals surface area contributed by atoms with Crippen molar-refractivity contribution < 1.29 is 24.5 Å². The molecule has 0 aromatic heterocycles. The Bertz CT molecular complexity index is 1180. The first-order chi connectivity index (χ1) is 36.0. The lowest BCUT2D eigenvalue weighted by atomic mass is 10.0. The van der Waals surface area contributed by atoms with Crippen LogP contribution in [-0.2, 0) is 14.3 Å². The van der Waals surface area contributed by atoms with Crippen LogP contribution in [0.4, 0.5) is 0 Å². The third kappa shape index (κ3) is 59.2. The van der Waals surface area contributed by atoms with E-state index in [1.807, 2.05) is 0 Å². The van der Waals surface area contributed by atoms with Crippen LogP contribution in [0.25, 0.3) is 0 Å². The molecule has 0 aliphatic heterocycles. The largest absolute Gasteiger partial charge is 0.466 e. The van der Waals surface area contributed by atoms with Crippen molar-refractivity contribution in [2.75, 3.05) is 13.2 Å². The van der Waals surface area contributed by atoms with Gasteiger partial charge < -0.3 is 20.3 Å². The van der Waals surface area contributed by atoms with Crippen LogP contribution in [0.3, 0.4) is 0 Å². The Balaban J connectivity index is 3.44. The van der Waals surface area contributed by atoms with E-state index < -0.39 is 12.1 Å².